The molecule has 0 bridgehead atoms. The molecule has 0 aliphatic carbocycles. The van der Waals surface area contributed by atoms with Crippen LogP contribution in [0.15, 0.2) is 11.1 Å². The smallest absolute Gasteiger partial charge is 0.257 e. The lowest BCUT2D eigenvalue weighted by atomic mass is 10.1. The first-order chi connectivity index (χ1) is 8.18. The first kappa shape index (κ1) is 15.1. The molecule has 1 atom stereocenters. The molecule has 7 heteroatoms. The van der Waals surface area contributed by atoms with Crippen molar-refractivity contribution >= 4 is 10.0 Å². The summed E-state index contributed by atoms with van der Waals surface area (Å²) in [7, 11) is 0.166. The van der Waals surface area contributed by atoms with Crippen LogP contribution in [-0.4, -0.2) is 37.2 Å². The number of primary sulfonamides is 1. The Morgan fingerprint density at radius 3 is 2.33 bits per heavy atom. The van der Waals surface area contributed by atoms with Crippen LogP contribution in [0.25, 0.3) is 0 Å². The van der Waals surface area contributed by atoms with E-state index < -0.39 is 10.0 Å². The van der Waals surface area contributed by atoms with E-state index >= 15 is 0 Å². The van der Waals surface area contributed by atoms with Crippen molar-refractivity contribution in [2.45, 2.75) is 44.3 Å². The second-order valence-corrected chi connectivity index (χ2v) is 6.39. The first-order valence-corrected chi connectivity index (χ1v) is 7.51. The van der Waals surface area contributed by atoms with Crippen LogP contribution in [0, 0.1) is 0 Å². The summed E-state index contributed by atoms with van der Waals surface area (Å²) < 4.78 is 24.5. The SMILES string of the molecule is CCC(c1cc(S(N)(=O)=O)nn1C(C)C)N(C)C. The quantitative estimate of drug-likeness (QED) is 0.872. The number of hydrogen-bond acceptors (Lipinski definition) is 4. The molecule has 0 amide bonds. The molecule has 2 N–H and O–H groups in total. The predicted octanol–water partition coefficient (Wildman–Crippen LogP) is 1.12. The van der Waals surface area contributed by atoms with E-state index in [4.69, 9.17) is 5.14 Å². The zero-order chi connectivity index (χ0) is 14.1. The van der Waals surface area contributed by atoms with Gasteiger partial charge in [0.25, 0.3) is 10.0 Å². The molecule has 0 spiro atoms. The molecule has 0 aliphatic rings. The fourth-order valence-electron chi connectivity index (χ4n) is 2.03. The normalized spacial score (nSPS) is 14.4. The highest BCUT2D eigenvalue weighted by Gasteiger charge is 2.23. The highest BCUT2D eigenvalue weighted by atomic mass is 32.2. The largest absolute Gasteiger partial charge is 0.301 e. The second kappa shape index (κ2) is 5.38. The highest BCUT2D eigenvalue weighted by molar-refractivity contribution is 7.89. The van der Waals surface area contributed by atoms with Crippen LogP contribution in [0.1, 0.15) is 45.0 Å². The van der Waals surface area contributed by atoms with E-state index in [1.54, 1.807) is 10.7 Å². The van der Waals surface area contributed by atoms with Gasteiger partial charge in [0.05, 0.1) is 11.7 Å². The summed E-state index contributed by atoms with van der Waals surface area (Å²) in [5.74, 6) is 0. The molecule has 1 rings (SSSR count). The minimum Gasteiger partial charge on any atom is -0.301 e. The first-order valence-electron chi connectivity index (χ1n) is 5.97. The number of aromatic nitrogens is 2. The van der Waals surface area contributed by atoms with Gasteiger partial charge in [0.15, 0.2) is 5.03 Å². The molecule has 0 saturated heterocycles. The van der Waals surface area contributed by atoms with Gasteiger partial charge >= 0.3 is 0 Å². The topological polar surface area (TPSA) is 81.2 Å². The summed E-state index contributed by atoms with van der Waals surface area (Å²) in [6, 6.07) is 1.78. The molecule has 0 aromatic carbocycles. The van der Waals surface area contributed by atoms with Crippen molar-refractivity contribution in [2.24, 2.45) is 5.14 Å². The van der Waals surface area contributed by atoms with Gasteiger partial charge in [-0.25, -0.2) is 13.6 Å². The zero-order valence-electron chi connectivity index (χ0n) is 11.6. The number of sulfonamides is 1. The van der Waals surface area contributed by atoms with Crippen LogP contribution in [0.4, 0.5) is 0 Å². The van der Waals surface area contributed by atoms with Gasteiger partial charge in [0.1, 0.15) is 0 Å². The maximum atomic E-state index is 11.4. The molecule has 0 fully saturated rings. The number of nitrogens with zero attached hydrogens (tertiary/aromatic N) is 3. The monoisotopic (exact) mass is 274 g/mol. The van der Waals surface area contributed by atoms with Gasteiger partial charge in [-0.2, -0.15) is 5.10 Å². The molecule has 18 heavy (non-hydrogen) atoms. The van der Waals surface area contributed by atoms with E-state index in [9.17, 15) is 8.42 Å². The van der Waals surface area contributed by atoms with Gasteiger partial charge in [-0.05, 0) is 34.4 Å². The lowest BCUT2D eigenvalue weighted by Gasteiger charge is -2.24. The molecule has 0 saturated carbocycles. The third kappa shape index (κ3) is 3.09. The molecule has 1 unspecified atom stereocenters. The van der Waals surface area contributed by atoms with E-state index in [1.165, 1.54) is 0 Å². The maximum absolute atomic E-state index is 11.4. The Bertz CT molecular complexity index is 505. The Morgan fingerprint density at radius 1 is 1.44 bits per heavy atom. The minimum absolute atomic E-state index is 0.0634. The number of rotatable bonds is 5. The van der Waals surface area contributed by atoms with Crippen LogP contribution in [0.5, 0.6) is 0 Å². The van der Waals surface area contributed by atoms with E-state index in [1.807, 2.05) is 32.8 Å². The predicted molar refractivity (Wildman–Crippen MR) is 70.7 cm³/mol. The van der Waals surface area contributed by atoms with Crippen molar-refractivity contribution in [1.82, 2.24) is 14.7 Å². The third-order valence-electron chi connectivity index (χ3n) is 2.87. The molecule has 0 radical (unpaired) electrons. The van der Waals surface area contributed by atoms with Crippen LogP contribution in [-0.2, 0) is 10.0 Å². The van der Waals surface area contributed by atoms with Gasteiger partial charge in [-0.1, -0.05) is 6.92 Å². The fraction of sp³-hybridized carbons (Fsp3) is 0.727. The van der Waals surface area contributed by atoms with Crippen molar-refractivity contribution in [2.75, 3.05) is 14.1 Å². The van der Waals surface area contributed by atoms with Crippen LogP contribution in [0.2, 0.25) is 0 Å². The summed E-state index contributed by atoms with van der Waals surface area (Å²) in [5.41, 5.74) is 0.876. The molecule has 1 aromatic rings. The van der Waals surface area contributed by atoms with Crippen molar-refractivity contribution in [3.05, 3.63) is 11.8 Å². The Kier molecular flexibility index (Phi) is 4.52. The Hall–Kier alpha value is -0.920. The molecule has 0 aliphatic heterocycles. The Balaban J connectivity index is 3.37. The van der Waals surface area contributed by atoms with E-state index in [0.717, 1.165) is 12.1 Å². The molecule has 104 valence electrons. The average Bonchev–Trinajstić information content (AvgIpc) is 2.62. The second-order valence-electron chi connectivity index (χ2n) is 4.88. The number of nitrogens with two attached hydrogens (primary N) is 1. The van der Waals surface area contributed by atoms with Gasteiger partial charge in [0.2, 0.25) is 0 Å². The van der Waals surface area contributed by atoms with Gasteiger partial charge in [-0.3, -0.25) is 4.68 Å². The number of hydrogen-bond donors (Lipinski definition) is 1. The third-order valence-corrected chi connectivity index (χ3v) is 3.66. The van der Waals surface area contributed by atoms with Gasteiger partial charge < -0.3 is 4.90 Å². The average molecular weight is 274 g/mol. The summed E-state index contributed by atoms with van der Waals surface area (Å²) in [6.07, 6.45) is 0.871. The van der Waals surface area contributed by atoms with Crippen LogP contribution in [0.3, 0.4) is 0 Å². The molecule has 1 heterocycles. The van der Waals surface area contributed by atoms with Gasteiger partial charge in [-0.15, -0.1) is 0 Å². The van der Waals surface area contributed by atoms with E-state index in [2.05, 4.69) is 12.0 Å². The standard InChI is InChI=1S/C11H22N4O2S/c1-6-9(14(4)5)10-7-11(18(12,16)17)13-15(10)8(2)3/h7-9H,6H2,1-5H3,(H2,12,16,17). The van der Waals surface area contributed by atoms with Gasteiger partial charge in [0, 0.05) is 12.1 Å². The molecular formula is C11H22N4O2S. The van der Waals surface area contributed by atoms with E-state index in [0.29, 0.717) is 0 Å². The van der Waals surface area contributed by atoms with E-state index in [-0.39, 0.29) is 17.1 Å². The minimum atomic E-state index is -3.76. The fourth-order valence-corrected chi connectivity index (χ4v) is 2.51. The highest BCUT2D eigenvalue weighted by Crippen LogP contribution is 2.26. The molecule has 6 nitrogen and oxygen atoms in total. The summed E-state index contributed by atoms with van der Waals surface area (Å²) in [4.78, 5) is 2.04. The Labute approximate surface area is 109 Å². The summed E-state index contributed by atoms with van der Waals surface area (Å²) >= 11 is 0. The summed E-state index contributed by atoms with van der Waals surface area (Å²) in [6.45, 7) is 5.98. The van der Waals surface area contributed by atoms with Crippen molar-refractivity contribution < 1.29 is 8.42 Å². The lowest BCUT2D eigenvalue weighted by molar-refractivity contribution is 0.271. The zero-order valence-corrected chi connectivity index (χ0v) is 12.4. The maximum Gasteiger partial charge on any atom is 0.257 e. The molecular weight excluding hydrogens is 252 g/mol. The molecule has 1 aromatic heterocycles. The van der Waals surface area contributed by atoms with Crippen LogP contribution < -0.4 is 5.14 Å². The van der Waals surface area contributed by atoms with Crippen molar-refractivity contribution in [1.29, 1.82) is 0 Å². The lowest BCUT2D eigenvalue weighted by Crippen LogP contribution is -2.23. The Morgan fingerprint density at radius 2 is 2.00 bits per heavy atom. The summed E-state index contributed by atoms with van der Waals surface area (Å²) in [5, 5.41) is 9.19. The van der Waals surface area contributed by atoms with Crippen molar-refractivity contribution in [3.63, 3.8) is 0 Å². The van der Waals surface area contributed by atoms with Crippen LogP contribution >= 0.6 is 0 Å². The van der Waals surface area contributed by atoms with Crippen molar-refractivity contribution in [3.8, 4) is 0 Å².